The van der Waals surface area contributed by atoms with Gasteiger partial charge in [0.1, 0.15) is 47.5 Å². The maximum Gasteiger partial charge on any atom is 0.247 e. The molecule has 604 valence electrons. The summed E-state index contributed by atoms with van der Waals surface area (Å²) in [6, 6.07) is 22.8. The molecule has 0 spiro atoms. The molecule has 2 aromatic carbocycles. The topological polar surface area (TPSA) is 283 Å². The van der Waals surface area contributed by atoms with Crippen LogP contribution in [0.4, 0.5) is 8.78 Å². The van der Waals surface area contributed by atoms with E-state index in [9.17, 15) is 28.0 Å². The van der Waals surface area contributed by atoms with Crippen LogP contribution in [0.15, 0.2) is 116 Å². The predicted molar refractivity (Wildman–Crippen MR) is 438 cm³/mol. The van der Waals surface area contributed by atoms with Crippen LogP contribution in [0.2, 0.25) is 5.02 Å². The number of hydrogen-bond donors (Lipinski definition) is 1. The summed E-state index contributed by atoms with van der Waals surface area (Å²) in [4.78, 5) is 71.6. The van der Waals surface area contributed by atoms with Crippen molar-refractivity contribution in [3.8, 4) is 68.7 Å². The molecule has 19 rings (SSSR count). The van der Waals surface area contributed by atoms with Crippen molar-refractivity contribution in [1.29, 1.82) is 0 Å². The Bertz CT molecular complexity index is 5860. The molecule has 26 nitrogen and oxygen atoms in total. The fraction of sp³-hybridized carbons (Fsp3) is 0.448. The highest BCUT2D eigenvalue weighted by Crippen LogP contribution is 2.41. The van der Waals surface area contributed by atoms with Gasteiger partial charge in [0.15, 0.2) is 0 Å². The van der Waals surface area contributed by atoms with E-state index in [-0.39, 0.29) is 66.8 Å². The van der Waals surface area contributed by atoms with Crippen molar-refractivity contribution in [2.24, 2.45) is 51.9 Å². The van der Waals surface area contributed by atoms with Crippen molar-refractivity contribution in [1.82, 2.24) is 88.5 Å². The van der Waals surface area contributed by atoms with E-state index in [1.807, 2.05) is 133 Å². The molecule has 29 heteroatoms. The van der Waals surface area contributed by atoms with Gasteiger partial charge in [0, 0.05) is 189 Å². The van der Waals surface area contributed by atoms with Crippen LogP contribution in [0.25, 0.3) is 99.7 Å². The Hall–Kier alpha value is -11.1. The molecule has 0 amide bonds. The van der Waals surface area contributed by atoms with Crippen LogP contribution in [0.5, 0.6) is 23.5 Å². The number of benzene rings is 2. The van der Waals surface area contributed by atoms with Gasteiger partial charge in [0.05, 0.1) is 101 Å². The number of carbonyl (C=O) groups is 4. The van der Waals surface area contributed by atoms with Crippen LogP contribution in [0.1, 0.15) is 148 Å². The minimum absolute atomic E-state index is 0.0558. The van der Waals surface area contributed by atoms with Gasteiger partial charge >= 0.3 is 0 Å². The van der Waals surface area contributed by atoms with Gasteiger partial charge < -0.3 is 28.8 Å². The van der Waals surface area contributed by atoms with Gasteiger partial charge in [-0.25, -0.2) is 28.7 Å². The van der Waals surface area contributed by atoms with E-state index in [1.54, 1.807) is 31.1 Å². The highest BCUT2D eigenvalue weighted by Gasteiger charge is 2.35. The van der Waals surface area contributed by atoms with Crippen molar-refractivity contribution < 1.29 is 46.9 Å². The lowest BCUT2D eigenvalue weighted by molar-refractivity contribution is -0.118. The van der Waals surface area contributed by atoms with Gasteiger partial charge in [-0.1, -0.05) is 35.9 Å². The molecule has 5 aliphatic carbocycles. The van der Waals surface area contributed by atoms with Gasteiger partial charge in [-0.2, -0.15) is 30.6 Å². The van der Waals surface area contributed by atoms with Crippen LogP contribution >= 0.6 is 11.6 Å². The molecular weight excluding hydrogens is 1500 g/mol. The molecule has 11 aromatic heterocycles. The zero-order valence-electron chi connectivity index (χ0n) is 67.1. The van der Waals surface area contributed by atoms with Crippen molar-refractivity contribution in [3.05, 3.63) is 132 Å². The molecule has 1 N–H and O–H groups in total. The number of aromatic nitrogens is 17. The van der Waals surface area contributed by atoms with Crippen LogP contribution in [0.3, 0.4) is 0 Å². The summed E-state index contributed by atoms with van der Waals surface area (Å²) >= 11 is 6.32. The number of nitrogens with zero attached hydrogens (tertiary/aromatic N) is 17. The fourth-order valence-electron chi connectivity index (χ4n) is 16.5. The number of rotatable bonds is 20. The summed E-state index contributed by atoms with van der Waals surface area (Å²) in [6.07, 6.45) is 26.1. The fourth-order valence-corrected chi connectivity index (χ4v) is 16.7. The van der Waals surface area contributed by atoms with Crippen molar-refractivity contribution >= 4 is 89.2 Å². The molecule has 116 heavy (non-hydrogen) atoms. The largest absolute Gasteiger partial charge is 0.474 e. The van der Waals surface area contributed by atoms with E-state index in [0.717, 1.165) is 141 Å². The number of ether oxygens (including phenoxy) is 4. The second-order valence-corrected chi connectivity index (χ2v) is 33.2. The monoisotopic (exact) mass is 1590 g/mol. The van der Waals surface area contributed by atoms with E-state index in [2.05, 4.69) is 83.8 Å². The smallest absolute Gasteiger partial charge is 0.247 e. The average molecular weight is 1600 g/mol. The zero-order chi connectivity index (χ0) is 81.0. The predicted octanol–water partition coefficient (Wildman–Crippen LogP) is 16.0. The summed E-state index contributed by atoms with van der Waals surface area (Å²) in [6.45, 7) is 11.1. The number of fused-ring (bicyclic) bond motifs is 6. The van der Waals surface area contributed by atoms with Gasteiger partial charge in [0.2, 0.25) is 29.4 Å². The Morgan fingerprint density at radius 2 is 0.914 bits per heavy atom. The maximum absolute atomic E-state index is 13.1. The first kappa shape index (κ1) is 78.7. The van der Waals surface area contributed by atoms with Gasteiger partial charge in [-0.3, -0.25) is 47.3 Å². The van der Waals surface area contributed by atoms with Crippen LogP contribution in [-0.4, -0.2) is 156 Å². The highest BCUT2D eigenvalue weighted by atomic mass is 35.5. The first-order valence-electron chi connectivity index (χ1n) is 40.3. The number of aromatic amines is 1. The minimum atomic E-state index is -2.74. The molecule has 0 saturated heterocycles. The van der Waals surface area contributed by atoms with E-state index in [4.69, 9.17) is 45.5 Å². The minimum Gasteiger partial charge on any atom is -0.474 e. The summed E-state index contributed by atoms with van der Waals surface area (Å²) in [7, 11) is 9.68. The standard InChI is InChI=1S/C24H28N4O2.C22H21ClN4O2.C21H25F2N5O2.C20H23N5O2/c1-15(17-6-7-20(29)11-17)30-24-21-14-28(3)26-23(21)12-22(25-24)18-5-4-16-8-9-27(2)13-19(16)10-18;1-12(13-6-7-15(28)8-13)29-22-16-11-27(2)26-18(16)10-20(25-22)19-9-14-4-3-5-17(23)21(14)24-19;1-13(14-4-5-16(29)8-14)30-20-17-12-27(3)26-19(17)9-18(25-20)15-10-24-28(11-15)7-6-21(2,22)23;1-12(13-3-6-16(26)7-13)27-20-17-11-24(2)23-19(17)8-18(22-20)14-9-21-25(10-14)15-4-5-15/h4-5,10,12,14-15,17H,6-9,11,13H2,1-3H3;3-5,9-13,24H,6-8H2,1-2H3;9-14H,4-8H2,1-3H3;8-13,15H,3-7H2,1-2H3/t15-,17+;12-,13+;13-,14+;12-,13+/m1111/s1. The summed E-state index contributed by atoms with van der Waals surface area (Å²) in [5, 5.41) is 32.0. The van der Waals surface area contributed by atoms with E-state index in [0.29, 0.717) is 115 Å². The quantitative estimate of drug-likeness (QED) is 0.0742. The molecule has 5 saturated carbocycles. The third-order valence-electron chi connectivity index (χ3n) is 23.4. The molecule has 0 radical (unpaired) electrons. The molecule has 8 atom stereocenters. The molecule has 1 aliphatic heterocycles. The molecular formula is C87H97ClF2N18O8. The number of alkyl halides is 2. The van der Waals surface area contributed by atoms with E-state index >= 15 is 0 Å². The van der Waals surface area contributed by atoms with Gasteiger partial charge in [-0.05, 0) is 140 Å². The Morgan fingerprint density at radius 3 is 1.34 bits per heavy atom. The Morgan fingerprint density at radius 1 is 0.491 bits per heavy atom. The molecule has 6 aliphatic rings. The maximum atomic E-state index is 13.1. The molecule has 0 bridgehead atoms. The summed E-state index contributed by atoms with van der Waals surface area (Å²) < 4.78 is 61.9. The SMILES string of the molecule is C[C@@H](Oc1nc(-c2cc3cccc(Cl)c3[nH]2)cc2nn(C)cc12)[C@H]1CCC(=O)C1.C[C@@H](Oc1nc(-c2ccc3c(c2)CN(C)CC3)cc2nn(C)cc12)[C@H]1CCC(=O)C1.C[C@@H](Oc1nc(-c2cnn(C3CC3)c2)cc2nn(C)cc12)[C@H]1CCC(=O)C1.C[C@@H](Oc1nc(-c2cnn(CCC(C)(F)F)c2)cc2nn(C)cc12)[C@H]1CCC(=O)C1. The molecule has 12 heterocycles. The van der Waals surface area contributed by atoms with Gasteiger partial charge in [0.25, 0.3) is 0 Å². The van der Waals surface area contributed by atoms with Crippen LogP contribution in [-0.2, 0) is 66.9 Å². The van der Waals surface area contributed by atoms with E-state index < -0.39 is 5.92 Å². The number of ketones is 4. The average Bonchev–Trinajstić information content (AvgIpc) is 1.60. The number of pyridine rings is 4. The number of Topliss-reactive ketones (excluding diaryl/α,β-unsaturated/α-hetero) is 4. The van der Waals surface area contributed by atoms with Crippen molar-refractivity contribution in [2.45, 2.75) is 187 Å². The second kappa shape index (κ2) is 32.9. The number of halogens is 3. The molecule has 0 unspecified atom stereocenters. The second-order valence-electron chi connectivity index (χ2n) is 32.8. The Kier molecular flexibility index (Phi) is 22.3. The normalized spacial score (nSPS) is 19.5. The first-order chi connectivity index (χ1) is 55.7. The first-order valence-corrected chi connectivity index (χ1v) is 40.7. The number of hydrogen-bond acceptors (Lipinski definition) is 19. The number of nitrogens with one attached hydrogen (secondary N) is 1. The lowest BCUT2D eigenvalue weighted by Gasteiger charge is -2.25. The lowest BCUT2D eigenvalue weighted by atomic mass is 9.96. The molecule has 5 fully saturated rings. The Labute approximate surface area is 674 Å². The van der Waals surface area contributed by atoms with E-state index in [1.165, 1.54) is 28.7 Å². The van der Waals surface area contributed by atoms with Crippen molar-refractivity contribution in [3.63, 3.8) is 0 Å². The molecule has 13 aromatic rings. The third kappa shape index (κ3) is 18.0. The van der Waals surface area contributed by atoms with Crippen LogP contribution < -0.4 is 18.9 Å². The number of likely N-dealkylation sites (N-methyl/N-ethyl adjacent to an activating group) is 1. The highest BCUT2D eigenvalue weighted by molar-refractivity contribution is 6.35. The summed E-state index contributed by atoms with van der Waals surface area (Å²) in [5.41, 5.74) is 13.6. The van der Waals surface area contributed by atoms with Crippen molar-refractivity contribution in [2.75, 3.05) is 13.6 Å². The zero-order valence-corrected chi connectivity index (χ0v) is 67.9. The third-order valence-corrected chi connectivity index (χ3v) is 23.7. The number of aryl methyl sites for hydroxylation is 5. The number of H-pyrrole nitrogens is 1. The number of para-hydroxylation sites is 1. The lowest BCUT2D eigenvalue weighted by Crippen LogP contribution is -2.26. The van der Waals surface area contributed by atoms with Gasteiger partial charge in [-0.15, -0.1) is 0 Å². The van der Waals surface area contributed by atoms with Crippen LogP contribution in [0, 0.1) is 23.7 Å². The number of carbonyl (C=O) groups excluding carboxylic acids is 4. The summed E-state index contributed by atoms with van der Waals surface area (Å²) in [5.74, 6) is 1.62. The Balaban J connectivity index is 0.000000116.